The average Bonchev–Trinajstić information content (AvgIpc) is 2.42. The minimum absolute atomic E-state index is 0.0612. The number of carbonyl (C=O) groups is 1. The number of benzene rings is 2. The minimum atomic E-state index is -1.15. The summed E-state index contributed by atoms with van der Waals surface area (Å²) < 4.78 is 5.49. The highest BCUT2D eigenvalue weighted by atomic mass is 35.5. The molecule has 0 radical (unpaired) electrons. The van der Waals surface area contributed by atoms with Crippen molar-refractivity contribution in [2.24, 2.45) is 0 Å². The summed E-state index contributed by atoms with van der Waals surface area (Å²) in [6.07, 6.45) is 0. The van der Waals surface area contributed by atoms with Crippen LogP contribution in [0.4, 0.5) is 0 Å². The summed E-state index contributed by atoms with van der Waals surface area (Å²) in [5.41, 5.74) is 0.346. The molecule has 20 heavy (non-hydrogen) atoms. The van der Waals surface area contributed by atoms with Gasteiger partial charge < -0.3 is 9.84 Å². The lowest BCUT2D eigenvalue weighted by molar-refractivity contribution is 0.0696. The van der Waals surface area contributed by atoms with E-state index in [-0.39, 0.29) is 15.6 Å². The highest BCUT2D eigenvalue weighted by molar-refractivity contribution is 6.33. The number of rotatable bonds is 3. The van der Waals surface area contributed by atoms with Gasteiger partial charge in [-0.15, -0.1) is 0 Å². The zero-order valence-corrected chi connectivity index (χ0v) is 11.4. The van der Waals surface area contributed by atoms with Gasteiger partial charge in [-0.05, 0) is 36.4 Å². The van der Waals surface area contributed by atoms with Gasteiger partial charge in [0.1, 0.15) is 11.5 Å². The molecule has 100 valence electrons. The molecule has 1 N–H and O–H groups in total. The molecule has 2 rings (SSSR count). The van der Waals surface area contributed by atoms with Gasteiger partial charge in [0, 0.05) is 0 Å². The fourth-order valence-corrected chi connectivity index (χ4v) is 1.93. The lowest BCUT2D eigenvalue weighted by atomic mass is 10.2. The summed E-state index contributed by atoms with van der Waals surface area (Å²) in [6, 6.07) is 10.8. The molecule has 0 amide bonds. The molecule has 0 aromatic heterocycles. The second-order valence-corrected chi connectivity index (χ2v) is 4.62. The van der Waals surface area contributed by atoms with Gasteiger partial charge in [-0.25, -0.2) is 4.79 Å². The molecule has 0 heterocycles. The third-order valence-corrected chi connectivity index (χ3v) is 3.08. The number of nitriles is 1. The van der Waals surface area contributed by atoms with E-state index in [1.165, 1.54) is 30.3 Å². The molecule has 0 saturated carbocycles. The Bertz CT molecular complexity index is 723. The van der Waals surface area contributed by atoms with Crippen molar-refractivity contribution in [1.82, 2.24) is 0 Å². The monoisotopic (exact) mass is 307 g/mol. The molecule has 0 spiro atoms. The highest BCUT2D eigenvalue weighted by Gasteiger charge is 2.11. The van der Waals surface area contributed by atoms with E-state index in [2.05, 4.69) is 0 Å². The molecule has 0 bridgehead atoms. The van der Waals surface area contributed by atoms with E-state index in [0.717, 1.165) is 0 Å². The number of carboxylic acid groups (broad SMARTS) is 1. The van der Waals surface area contributed by atoms with Crippen LogP contribution in [0.15, 0.2) is 36.4 Å². The third-order valence-electron chi connectivity index (χ3n) is 2.46. The summed E-state index contributed by atoms with van der Waals surface area (Å²) in [7, 11) is 0. The molecular weight excluding hydrogens is 301 g/mol. The van der Waals surface area contributed by atoms with Crippen LogP contribution in [0.3, 0.4) is 0 Å². The molecule has 0 unspecified atom stereocenters. The first kappa shape index (κ1) is 14.2. The Morgan fingerprint density at radius 1 is 1.15 bits per heavy atom. The Kier molecular flexibility index (Phi) is 4.14. The van der Waals surface area contributed by atoms with E-state index >= 15 is 0 Å². The number of carboxylic acids is 1. The molecule has 0 atom stereocenters. The Morgan fingerprint density at radius 2 is 1.90 bits per heavy atom. The van der Waals surface area contributed by atoms with Gasteiger partial charge >= 0.3 is 5.97 Å². The summed E-state index contributed by atoms with van der Waals surface area (Å²) in [4.78, 5) is 11.0. The van der Waals surface area contributed by atoms with Crippen molar-refractivity contribution in [3.05, 3.63) is 57.6 Å². The normalized spacial score (nSPS) is 9.85. The maximum Gasteiger partial charge on any atom is 0.337 e. The van der Waals surface area contributed by atoms with Crippen molar-refractivity contribution in [3.63, 3.8) is 0 Å². The SMILES string of the molecule is N#Cc1ccc(Oc2ccc(Cl)c(C(=O)O)c2)c(Cl)c1. The van der Waals surface area contributed by atoms with Crippen molar-refractivity contribution >= 4 is 29.2 Å². The molecule has 0 aliphatic rings. The number of aromatic carboxylic acids is 1. The first-order valence-corrected chi connectivity index (χ1v) is 6.17. The topological polar surface area (TPSA) is 70.3 Å². The maximum absolute atomic E-state index is 11.0. The Hall–Kier alpha value is -2.22. The number of hydrogen-bond donors (Lipinski definition) is 1. The minimum Gasteiger partial charge on any atom is -0.478 e. The average molecular weight is 308 g/mol. The number of hydrogen-bond acceptors (Lipinski definition) is 3. The standard InChI is InChI=1S/C14H7Cl2NO3/c15-11-3-2-9(6-10(11)14(18)19)20-13-4-1-8(7-17)5-12(13)16/h1-6H,(H,18,19). The van der Waals surface area contributed by atoms with Gasteiger partial charge in [-0.2, -0.15) is 5.26 Å². The molecule has 2 aromatic rings. The van der Waals surface area contributed by atoms with E-state index in [1.807, 2.05) is 6.07 Å². The van der Waals surface area contributed by atoms with Gasteiger partial charge in [-0.1, -0.05) is 23.2 Å². The predicted octanol–water partition coefficient (Wildman–Crippen LogP) is 4.36. The van der Waals surface area contributed by atoms with Crippen LogP contribution in [-0.4, -0.2) is 11.1 Å². The highest BCUT2D eigenvalue weighted by Crippen LogP contribution is 2.31. The van der Waals surface area contributed by atoms with Crippen LogP contribution in [0.5, 0.6) is 11.5 Å². The van der Waals surface area contributed by atoms with Crippen LogP contribution in [-0.2, 0) is 0 Å². The van der Waals surface area contributed by atoms with Gasteiger partial charge in [0.05, 0.1) is 27.2 Å². The molecule has 0 saturated heterocycles. The first-order valence-electron chi connectivity index (χ1n) is 5.41. The summed E-state index contributed by atoms with van der Waals surface area (Å²) in [5.74, 6) is -0.533. The molecule has 0 aliphatic heterocycles. The number of nitrogens with zero attached hydrogens (tertiary/aromatic N) is 1. The Morgan fingerprint density at radius 3 is 2.50 bits per heavy atom. The van der Waals surface area contributed by atoms with Crippen LogP contribution in [0, 0.1) is 11.3 Å². The van der Waals surface area contributed by atoms with Crippen LogP contribution >= 0.6 is 23.2 Å². The fraction of sp³-hybridized carbons (Fsp3) is 0. The van der Waals surface area contributed by atoms with E-state index in [4.69, 9.17) is 38.3 Å². The lowest BCUT2D eigenvalue weighted by Crippen LogP contribution is -1.98. The zero-order valence-electron chi connectivity index (χ0n) is 9.93. The first-order chi connectivity index (χ1) is 9.51. The number of halogens is 2. The van der Waals surface area contributed by atoms with Gasteiger partial charge in [0.2, 0.25) is 0 Å². The Labute approximate surface area is 124 Å². The van der Waals surface area contributed by atoms with E-state index in [9.17, 15) is 4.79 Å². The summed E-state index contributed by atoms with van der Waals surface area (Å²) in [5, 5.41) is 18.1. The van der Waals surface area contributed by atoms with Crippen molar-refractivity contribution in [2.45, 2.75) is 0 Å². The maximum atomic E-state index is 11.0. The second-order valence-electron chi connectivity index (χ2n) is 3.81. The largest absolute Gasteiger partial charge is 0.478 e. The Balaban J connectivity index is 2.33. The van der Waals surface area contributed by atoms with Crippen molar-refractivity contribution < 1.29 is 14.6 Å². The third kappa shape index (κ3) is 3.02. The quantitative estimate of drug-likeness (QED) is 0.914. The summed E-state index contributed by atoms with van der Waals surface area (Å²) >= 11 is 11.7. The second kappa shape index (κ2) is 5.83. The van der Waals surface area contributed by atoms with Crippen LogP contribution in [0.25, 0.3) is 0 Å². The zero-order chi connectivity index (χ0) is 14.7. The molecule has 4 nitrogen and oxygen atoms in total. The van der Waals surface area contributed by atoms with Crippen LogP contribution < -0.4 is 4.74 Å². The molecule has 0 aliphatic carbocycles. The van der Waals surface area contributed by atoms with E-state index < -0.39 is 5.97 Å². The molecular formula is C14H7Cl2NO3. The summed E-state index contributed by atoms with van der Waals surface area (Å²) in [6.45, 7) is 0. The van der Waals surface area contributed by atoms with Gasteiger partial charge in [-0.3, -0.25) is 0 Å². The van der Waals surface area contributed by atoms with E-state index in [1.54, 1.807) is 6.07 Å². The fourth-order valence-electron chi connectivity index (χ4n) is 1.51. The van der Waals surface area contributed by atoms with Crippen molar-refractivity contribution in [3.8, 4) is 17.6 Å². The van der Waals surface area contributed by atoms with Crippen LogP contribution in [0.1, 0.15) is 15.9 Å². The van der Waals surface area contributed by atoms with Crippen molar-refractivity contribution in [2.75, 3.05) is 0 Å². The molecule has 6 heteroatoms. The van der Waals surface area contributed by atoms with Gasteiger partial charge in [0.15, 0.2) is 0 Å². The smallest absolute Gasteiger partial charge is 0.337 e. The van der Waals surface area contributed by atoms with E-state index in [0.29, 0.717) is 17.1 Å². The van der Waals surface area contributed by atoms with Crippen molar-refractivity contribution in [1.29, 1.82) is 5.26 Å². The molecule has 0 fully saturated rings. The molecule has 2 aromatic carbocycles. The van der Waals surface area contributed by atoms with Crippen LogP contribution in [0.2, 0.25) is 10.0 Å². The number of ether oxygens (including phenoxy) is 1. The predicted molar refractivity (Wildman–Crippen MR) is 74.7 cm³/mol. The lowest BCUT2D eigenvalue weighted by Gasteiger charge is -2.09. The van der Waals surface area contributed by atoms with Gasteiger partial charge in [0.25, 0.3) is 0 Å².